The van der Waals surface area contributed by atoms with Gasteiger partial charge in [-0.2, -0.15) is 5.26 Å². The molecule has 0 aliphatic carbocycles. The van der Waals surface area contributed by atoms with Gasteiger partial charge in [0, 0.05) is 19.2 Å². The molecule has 3 N–H and O–H groups in total. The summed E-state index contributed by atoms with van der Waals surface area (Å²) >= 11 is 0. The van der Waals surface area contributed by atoms with Gasteiger partial charge in [-0.25, -0.2) is 0 Å². The third kappa shape index (κ3) is 4.23. The molecular formula is C12H15N3O2. The summed E-state index contributed by atoms with van der Waals surface area (Å²) in [6.45, 7) is 1.79. The van der Waals surface area contributed by atoms with Crippen molar-refractivity contribution in [3.8, 4) is 6.07 Å². The number of hydrogen-bond donors (Lipinski definition) is 3. The zero-order valence-electron chi connectivity index (χ0n) is 9.60. The number of nitrogens with one attached hydrogen (secondary N) is 2. The molecule has 90 valence electrons. The van der Waals surface area contributed by atoms with Gasteiger partial charge in [-0.15, -0.1) is 0 Å². The monoisotopic (exact) mass is 233 g/mol. The molecule has 0 saturated heterocycles. The van der Waals surface area contributed by atoms with Crippen LogP contribution in [0.3, 0.4) is 0 Å². The molecule has 5 nitrogen and oxygen atoms in total. The Morgan fingerprint density at radius 2 is 2.12 bits per heavy atom. The standard InChI is InChI=1S/C12H15N3O2/c1-9(17)15-11-4-2-10(3-5-11)12(8-13)14-6-7-16/h2-5,12,14,16H,6-7H2,1H3,(H,15,17). The van der Waals surface area contributed by atoms with Crippen LogP contribution in [0.5, 0.6) is 0 Å². The summed E-state index contributed by atoms with van der Waals surface area (Å²) in [7, 11) is 0. The van der Waals surface area contributed by atoms with Crippen LogP contribution in [0.2, 0.25) is 0 Å². The summed E-state index contributed by atoms with van der Waals surface area (Å²) in [6, 6.07) is 8.66. The molecule has 0 aliphatic heterocycles. The molecule has 0 spiro atoms. The summed E-state index contributed by atoms with van der Waals surface area (Å²) in [6.07, 6.45) is 0. The van der Waals surface area contributed by atoms with E-state index < -0.39 is 6.04 Å². The minimum absolute atomic E-state index is 0.0118. The van der Waals surface area contributed by atoms with E-state index in [2.05, 4.69) is 16.7 Å². The quantitative estimate of drug-likeness (QED) is 0.702. The molecule has 0 radical (unpaired) electrons. The van der Waals surface area contributed by atoms with Crippen LogP contribution in [0.25, 0.3) is 0 Å². The van der Waals surface area contributed by atoms with E-state index in [0.717, 1.165) is 5.56 Å². The third-order valence-electron chi connectivity index (χ3n) is 2.15. The molecule has 5 heteroatoms. The fourth-order valence-electron chi connectivity index (χ4n) is 1.41. The van der Waals surface area contributed by atoms with Crippen LogP contribution < -0.4 is 10.6 Å². The van der Waals surface area contributed by atoms with Gasteiger partial charge < -0.3 is 10.4 Å². The van der Waals surface area contributed by atoms with E-state index in [1.165, 1.54) is 6.92 Å². The van der Waals surface area contributed by atoms with E-state index in [0.29, 0.717) is 12.2 Å². The van der Waals surface area contributed by atoms with Crippen molar-refractivity contribution >= 4 is 11.6 Å². The normalized spacial score (nSPS) is 11.6. The van der Waals surface area contributed by atoms with Gasteiger partial charge in [-0.05, 0) is 17.7 Å². The molecule has 1 aromatic carbocycles. The SMILES string of the molecule is CC(=O)Nc1ccc(C(C#N)NCCO)cc1. The fourth-order valence-corrected chi connectivity index (χ4v) is 1.41. The Morgan fingerprint density at radius 3 is 2.59 bits per heavy atom. The highest BCUT2D eigenvalue weighted by Crippen LogP contribution is 2.15. The molecular weight excluding hydrogens is 218 g/mol. The number of amides is 1. The lowest BCUT2D eigenvalue weighted by Gasteiger charge is -2.11. The molecule has 1 aromatic rings. The van der Waals surface area contributed by atoms with Crippen molar-refractivity contribution in [2.24, 2.45) is 0 Å². The van der Waals surface area contributed by atoms with Crippen LogP contribution in [0, 0.1) is 11.3 Å². The molecule has 1 rings (SSSR count). The van der Waals surface area contributed by atoms with Gasteiger partial charge in [-0.1, -0.05) is 12.1 Å². The summed E-state index contributed by atoms with van der Waals surface area (Å²) < 4.78 is 0. The second kappa shape index (κ2) is 6.63. The zero-order valence-corrected chi connectivity index (χ0v) is 9.60. The molecule has 0 fully saturated rings. The van der Waals surface area contributed by atoms with Crippen LogP contribution in [-0.2, 0) is 4.79 Å². The zero-order chi connectivity index (χ0) is 12.7. The maximum absolute atomic E-state index is 10.8. The van der Waals surface area contributed by atoms with Gasteiger partial charge in [0.1, 0.15) is 6.04 Å². The average Bonchev–Trinajstić information content (AvgIpc) is 2.31. The number of nitrogens with zero attached hydrogens (tertiary/aromatic N) is 1. The number of benzene rings is 1. The highest BCUT2D eigenvalue weighted by atomic mass is 16.3. The van der Waals surface area contributed by atoms with E-state index in [1.807, 2.05) is 0 Å². The lowest BCUT2D eigenvalue weighted by atomic mass is 10.1. The van der Waals surface area contributed by atoms with Gasteiger partial charge in [0.25, 0.3) is 0 Å². The highest BCUT2D eigenvalue weighted by molar-refractivity contribution is 5.88. The third-order valence-corrected chi connectivity index (χ3v) is 2.15. The minimum atomic E-state index is -0.450. The number of carbonyl (C=O) groups is 1. The fraction of sp³-hybridized carbons (Fsp3) is 0.333. The summed E-state index contributed by atoms with van der Waals surface area (Å²) in [5, 5.41) is 23.2. The summed E-state index contributed by atoms with van der Waals surface area (Å²) in [4.78, 5) is 10.8. The van der Waals surface area contributed by atoms with E-state index in [-0.39, 0.29) is 12.5 Å². The van der Waals surface area contributed by atoms with Crippen molar-refractivity contribution in [2.75, 3.05) is 18.5 Å². The molecule has 0 bridgehead atoms. The van der Waals surface area contributed by atoms with E-state index in [1.54, 1.807) is 24.3 Å². The van der Waals surface area contributed by atoms with Gasteiger partial charge >= 0.3 is 0 Å². The molecule has 0 aromatic heterocycles. The molecule has 0 saturated carbocycles. The first-order valence-electron chi connectivity index (χ1n) is 5.28. The Bertz CT molecular complexity index is 409. The van der Waals surface area contributed by atoms with Crippen LogP contribution in [-0.4, -0.2) is 24.2 Å². The van der Waals surface area contributed by atoms with Crippen molar-refractivity contribution < 1.29 is 9.90 Å². The van der Waals surface area contributed by atoms with Crippen molar-refractivity contribution in [1.82, 2.24) is 5.32 Å². The second-order valence-corrected chi connectivity index (χ2v) is 3.54. The Morgan fingerprint density at radius 1 is 1.47 bits per heavy atom. The molecule has 1 atom stereocenters. The minimum Gasteiger partial charge on any atom is -0.395 e. The van der Waals surface area contributed by atoms with Crippen LogP contribution in [0.15, 0.2) is 24.3 Å². The molecule has 17 heavy (non-hydrogen) atoms. The smallest absolute Gasteiger partial charge is 0.221 e. The van der Waals surface area contributed by atoms with E-state index >= 15 is 0 Å². The first-order chi connectivity index (χ1) is 8.17. The Kier molecular flexibility index (Phi) is 5.14. The topological polar surface area (TPSA) is 85.2 Å². The van der Waals surface area contributed by atoms with Gasteiger partial charge in [-0.3, -0.25) is 10.1 Å². The summed E-state index contributed by atoms with van der Waals surface area (Å²) in [5.74, 6) is -0.131. The van der Waals surface area contributed by atoms with Crippen molar-refractivity contribution in [1.29, 1.82) is 5.26 Å². The van der Waals surface area contributed by atoms with Crippen molar-refractivity contribution in [2.45, 2.75) is 13.0 Å². The predicted molar refractivity (Wildman–Crippen MR) is 64.2 cm³/mol. The number of carbonyl (C=O) groups excluding carboxylic acids is 1. The first kappa shape index (κ1) is 13.2. The number of aliphatic hydroxyl groups is 1. The first-order valence-corrected chi connectivity index (χ1v) is 5.28. The lowest BCUT2D eigenvalue weighted by molar-refractivity contribution is -0.114. The Labute approximate surface area is 100 Å². The van der Waals surface area contributed by atoms with Crippen LogP contribution in [0.1, 0.15) is 18.5 Å². The number of nitriles is 1. The molecule has 1 amide bonds. The van der Waals surface area contributed by atoms with Crippen LogP contribution >= 0.6 is 0 Å². The molecule has 0 heterocycles. The average molecular weight is 233 g/mol. The molecule has 0 aliphatic rings. The van der Waals surface area contributed by atoms with Gasteiger partial charge in [0.2, 0.25) is 5.91 Å². The van der Waals surface area contributed by atoms with Crippen LogP contribution in [0.4, 0.5) is 5.69 Å². The van der Waals surface area contributed by atoms with E-state index in [4.69, 9.17) is 10.4 Å². The highest BCUT2D eigenvalue weighted by Gasteiger charge is 2.08. The Hall–Kier alpha value is -1.90. The Balaban J connectivity index is 2.71. The molecule has 1 unspecified atom stereocenters. The number of hydrogen-bond acceptors (Lipinski definition) is 4. The number of rotatable bonds is 5. The summed E-state index contributed by atoms with van der Waals surface area (Å²) in [5.41, 5.74) is 1.50. The largest absolute Gasteiger partial charge is 0.395 e. The predicted octanol–water partition coefficient (Wildman–Crippen LogP) is 0.792. The van der Waals surface area contributed by atoms with Crippen molar-refractivity contribution in [3.05, 3.63) is 29.8 Å². The maximum atomic E-state index is 10.8. The van der Waals surface area contributed by atoms with Gasteiger partial charge in [0.05, 0.1) is 12.7 Å². The van der Waals surface area contributed by atoms with Crippen molar-refractivity contribution in [3.63, 3.8) is 0 Å². The maximum Gasteiger partial charge on any atom is 0.221 e. The number of aliphatic hydroxyl groups excluding tert-OH is 1. The van der Waals surface area contributed by atoms with E-state index in [9.17, 15) is 4.79 Å². The second-order valence-electron chi connectivity index (χ2n) is 3.54. The van der Waals surface area contributed by atoms with Gasteiger partial charge in [0.15, 0.2) is 0 Å². The number of anilines is 1. The lowest BCUT2D eigenvalue weighted by Crippen LogP contribution is -2.23.